The number of guanidine groups is 1. The maximum Gasteiger partial charge on any atom is 0.263 e. The van der Waals surface area contributed by atoms with Crippen molar-refractivity contribution in [2.45, 2.75) is 13.5 Å². The number of methoxy groups -OCH3 is 2. The van der Waals surface area contributed by atoms with E-state index >= 15 is 0 Å². The summed E-state index contributed by atoms with van der Waals surface area (Å²) < 4.78 is 20.4. The number of hydrogen-bond donors (Lipinski definition) is 3. The molecule has 0 bridgehead atoms. The van der Waals surface area contributed by atoms with Crippen molar-refractivity contribution in [2.24, 2.45) is 10.7 Å². The number of ether oxygens (including phenoxy) is 3. The average molecular weight is 530 g/mol. The van der Waals surface area contributed by atoms with Gasteiger partial charge in [-0.3, -0.25) is 14.9 Å². The summed E-state index contributed by atoms with van der Waals surface area (Å²) in [5, 5.41) is 9.57. The molecule has 0 aliphatic carbocycles. The molecule has 0 saturated heterocycles. The normalized spacial score (nSPS) is 11.3. The molecule has 0 aliphatic rings. The standard InChI is InChI=1S/C25H28ClN5O6/c1-15-22(23(31-37-15)17-5-7-18(35-3)8-6-17)24(33)30-25(27)28-13-16-4-9-20(19(26)12-16)29-21(32)14-36-11-10-34-2/h4-9,12H,10-11,13-14H2,1-3H3,(H,29,32)(H3,27,28,30,33). The fraction of sp³-hybridized carbons (Fsp3) is 0.280. The molecule has 2 amide bonds. The zero-order valence-corrected chi connectivity index (χ0v) is 21.4. The molecule has 1 heterocycles. The number of halogens is 1. The molecule has 0 radical (unpaired) electrons. The predicted octanol–water partition coefficient (Wildman–Crippen LogP) is 3.16. The molecule has 3 rings (SSSR count). The molecular weight excluding hydrogens is 502 g/mol. The molecule has 11 nitrogen and oxygen atoms in total. The lowest BCUT2D eigenvalue weighted by atomic mass is 10.1. The summed E-state index contributed by atoms with van der Waals surface area (Å²) in [6.45, 7) is 2.37. The number of aliphatic imine (C=N–C) groups is 1. The Labute approximate surface area is 218 Å². The van der Waals surface area contributed by atoms with E-state index in [-0.39, 0.29) is 30.6 Å². The number of nitrogens with two attached hydrogens (primary N) is 1. The number of hydrogen-bond acceptors (Lipinski definition) is 8. The summed E-state index contributed by atoms with van der Waals surface area (Å²) in [6, 6.07) is 12.1. The summed E-state index contributed by atoms with van der Waals surface area (Å²) in [5.74, 6) is 0.0786. The second-order valence-corrected chi connectivity index (χ2v) is 8.16. The summed E-state index contributed by atoms with van der Waals surface area (Å²) in [4.78, 5) is 29.1. The average Bonchev–Trinajstić information content (AvgIpc) is 3.28. The van der Waals surface area contributed by atoms with E-state index in [0.717, 1.165) is 5.56 Å². The molecule has 4 N–H and O–H groups in total. The first-order valence-electron chi connectivity index (χ1n) is 11.2. The minimum absolute atomic E-state index is 0.0898. The maximum absolute atomic E-state index is 12.9. The van der Waals surface area contributed by atoms with Crippen LogP contribution in [-0.2, 0) is 20.8 Å². The summed E-state index contributed by atoms with van der Waals surface area (Å²) >= 11 is 6.29. The molecule has 0 unspecified atom stereocenters. The summed E-state index contributed by atoms with van der Waals surface area (Å²) in [7, 11) is 3.12. The summed E-state index contributed by atoms with van der Waals surface area (Å²) in [5.41, 5.74) is 8.40. The van der Waals surface area contributed by atoms with Crippen molar-refractivity contribution in [1.29, 1.82) is 0 Å². The van der Waals surface area contributed by atoms with Gasteiger partial charge in [-0.1, -0.05) is 22.8 Å². The molecule has 3 aromatic rings. The van der Waals surface area contributed by atoms with Gasteiger partial charge in [0.25, 0.3) is 5.91 Å². The van der Waals surface area contributed by atoms with E-state index in [9.17, 15) is 9.59 Å². The fourth-order valence-electron chi connectivity index (χ4n) is 3.23. The van der Waals surface area contributed by atoms with E-state index in [1.54, 1.807) is 63.6 Å². The second kappa shape index (κ2) is 13.4. The molecule has 0 fully saturated rings. The number of rotatable bonds is 11. The van der Waals surface area contributed by atoms with Gasteiger partial charge in [-0.05, 0) is 48.9 Å². The van der Waals surface area contributed by atoms with Gasteiger partial charge < -0.3 is 29.8 Å². The summed E-state index contributed by atoms with van der Waals surface area (Å²) in [6.07, 6.45) is 0. The maximum atomic E-state index is 12.9. The van der Waals surface area contributed by atoms with Gasteiger partial charge in [0, 0.05) is 12.7 Å². The van der Waals surface area contributed by atoms with Crippen molar-refractivity contribution in [3.05, 3.63) is 64.4 Å². The van der Waals surface area contributed by atoms with Crippen molar-refractivity contribution < 1.29 is 28.3 Å². The Bertz CT molecular complexity index is 1260. The number of nitrogens with one attached hydrogen (secondary N) is 2. The van der Waals surface area contributed by atoms with Crippen LogP contribution < -0.4 is 21.1 Å². The van der Waals surface area contributed by atoms with E-state index in [1.165, 1.54) is 0 Å². The van der Waals surface area contributed by atoms with Gasteiger partial charge in [-0.2, -0.15) is 0 Å². The van der Waals surface area contributed by atoms with Crippen LogP contribution in [-0.4, -0.2) is 57.0 Å². The first-order valence-corrected chi connectivity index (χ1v) is 11.6. The van der Waals surface area contributed by atoms with Crippen LogP contribution >= 0.6 is 11.6 Å². The van der Waals surface area contributed by atoms with Crippen LogP contribution in [0.3, 0.4) is 0 Å². The monoisotopic (exact) mass is 529 g/mol. The highest BCUT2D eigenvalue weighted by Crippen LogP contribution is 2.27. The van der Waals surface area contributed by atoms with Crippen LogP contribution in [0.2, 0.25) is 5.02 Å². The highest BCUT2D eigenvalue weighted by Gasteiger charge is 2.22. The largest absolute Gasteiger partial charge is 0.497 e. The third kappa shape index (κ3) is 7.78. The molecule has 37 heavy (non-hydrogen) atoms. The molecule has 196 valence electrons. The number of amides is 2. The second-order valence-electron chi connectivity index (χ2n) is 7.75. The Kier molecular flexibility index (Phi) is 10.0. The van der Waals surface area contributed by atoms with E-state index in [2.05, 4.69) is 20.8 Å². The first-order chi connectivity index (χ1) is 17.8. The molecule has 2 aromatic carbocycles. The van der Waals surface area contributed by atoms with Crippen LogP contribution in [0.5, 0.6) is 5.75 Å². The fourth-order valence-corrected chi connectivity index (χ4v) is 3.48. The van der Waals surface area contributed by atoms with Gasteiger partial charge in [-0.15, -0.1) is 0 Å². The Hall–Kier alpha value is -3.93. The topological polar surface area (TPSA) is 150 Å². The van der Waals surface area contributed by atoms with Crippen molar-refractivity contribution in [2.75, 3.05) is 39.4 Å². The number of anilines is 1. The van der Waals surface area contributed by atoms with Gasteiger partial charge in [0.05, 0.1) is 37.6 Å². The molecular formula is C25H28ClN5O6. The molecule has 0 spiro atoms. The highest BCUT2D eigenvalue weighted by molar-refractivity contribution is 6.33. The Balaban J connectivity index is 1.60. The number of carbonyl (C=O) groups is 2. The lowest BCUT2D eigenvalue weighted by molar-refractivity contribution is -0.121. The van der Waals surface area contributed by atoms with Crippen LogP contribution in [0.25, 0.3) is 11.3 Å². The van der Waals surface area contributed by atoms with Crippen molar-refractivity contribution in [3.8, 4) is 17.0 Å². The van der Waals surface area contributed by atoms with E-state index < -0.39 is 5.91 Å². The first kappa shape index (κ1) is 27.7. The van der Waals surface area contributed by atoms with Crippen LogP contribution in [0.4, 0.5) is 5.69 Å². The van der Waals surface area contributed by atoms with E-state index in [4.69, 9.17) is 36.1 Å². The van der Waals surface area contributed by atoms with Crippen LogP contribution in [0.15, 0.2) is 52.0 Å². The van der Waals surface area contributed by atoms with Crippen LogP contribution in [0, 0.1) is 6.92 Å². The lowest BCUT2D eigenvalue weighted by Gasteiger charge is -2.09. The molecule has 0 aliphatic heterocycles. The van der Waals surface area contributed by atoms with Gasteiger partial charge in [0.2, 0.25) is 5.91 Å². The van der Waals surface area contributed by atoms with E-state index in [0.29, 0.717) is 46.7 Å². The lowest BCUT2D eigenvalue weighted by Crippen LogP contribution is -2.37. The van der Waals surface area contributed by atoms with Crippen molar-refractivity contribution in [3.63, 3.8) is 0 Å². The Morgan fingerprint density at radius 2 is 1.89 bits per heavy atom. The highest BCUT2D eigenvalue weighted by atomic mass is 35.5. The molecule has 12 heteroatoms. The van der Waals surface area contributed by atoms with Crippen molar-refractivity contribution >= 4 is 35.1 Å². The Morgan fingerprint density at radius 1 is 1.14 bits per heavy atom. The van der Waals surface area contributed by atoms with Gasteiger partial charge >= 0.3 is 0 Å². The number of benzene rings is 2. The zero-order chi connectivity index (χ0) is 26.8. The zero-order valence-electron chi connectivity index (χ0n) is 20.7. The van der Waals surface area contributed by atoms with Gasteiger partial charge in [0.15, 0.2) is 5.96 Å². The van der Waals surface area contributed by atoms with Gasteiger partial charge in [0.1, 0.15) is 29.4 Å². The third-order valence-corrected chi connectivity index (χ3v) is 5.41. The van der Waals surface area contributed by atoms with E-state index in [1.807, 2.05) is 0 Å². The third-order valence-electron chi connectivity index (χ3n) is 5.10. The smallest absolute Gasteiger partial charge is 0.263 e. The molecule has 0 saturated carbocycles. The SMILES string of the molecule is COCCOCC(=O)Nc1ccc(CN=C(N)NC(=O)c2c(-c3ccc(OC)cc3)noc2C)cc1Cl. The minimum atomic E-state index is -0.505. The quantitative estimate of drug-likeness (QED) is 0.195. The number of nitrogens with zero attached hydrogens (tertiary/aromatic N) is 2. The number of aromatic nitrogens is 1. The molecule has 0 atom stereocenters. The van der Waals surface area contributed by atoms with Crippen molar-refractivity contribution in [1.82, 2.24) is 10.5 Å². The Morgan fingerprint density at radius 3 is 2.57 bits per heavy atom. The predicted molar refractivity (Wildman–Crippen MR) is 139 cm³/mol. The van der Waals surface area contributed by atoms with Crippen LogP contribution in [0.1, 0.15) is 21.7 Å². The minimum Gasteiger partial charge on any atom is -0.497 e. The number of aryl methyl sites for hydroxylation is 1. The number of carbonyl (C=O) groups excluding carboxylic acids is 2. The van der Waals surface area contributed by atoms with Gasteiger partial charge in [-0.25, -0.2) is 4.99 Å². The molecule has 1 aromatic heterocycles.